The maximum Gasteiger partial charge on any atom is 0.247 e. The molecule has 2 aromatic heterocycles. The van der Waals surface area contributed by atoms with Crippen molar-refractivity contribution in [1.29, 1.82) is 0 Å². The third-order valence-electron chi connectivity index (χ3n) is 3.87. The summed E-state index contributed by atoms with van der Waals surface area (Å²) in [6.07, 6.45) is 0. The lowest BCUT2D eigenvalue weighted by molar-refractivity contribution is 0.0367. The molecule has 0 aliphatic carbocycles. The molecule has 29 heavy (non-hydrogen) atoms. The van der Waals surface area contributed by atoms with Crippen LogP contribution in [0.2, 0.25) is 0 Å². The van der Waals surface area contributed by atoms with Crippen LogP contribution in [0.25, 0.3) is 9.40 Å². The third-order valence-corrected chi connectivity index (χ3v) is 7.67. The van der Waals surface area contributed by atoms with Crippen molar-refractivity contribution in [3.05, 3.63) is 17.0 Å². The highest BCUT2D eigenvalue weighted by molar-refractivity contribution is 7.91. The lowest BCUT2D eigenvalue weighted by Gasteiger charge is -2.21. The molecule has 8 nitrogen and oxygen atoms in total. The van der Waals surface area contributed by atoms with E-state index in [0.29, 0.717) is 39.6 Å². The first kappa shape index (κ1) is 26.7. The van der Waals surface area contributed by atoms with E-state index in [2.05, 4.69) is 4.90 Å². The van der Waals surface area contributed by atoms with Crippen LogP contribution in [0.15, 0.2) is 16.3 Å². The van der Waals surface area contributed by atoms with Gasteiger partial charge in [-0.3, -0.25) is 4.90 Å². The minimum atomic E-state index is -3.65. The predicted octanol–water partition coefficient (Wildman–Crippen LogP) is 2.16. The summed E-state index contributed by atoms with van der Waals surface area (Å²) in [4.78, 5) is 3.42. The second-order valence-electron chi connectivity index (χ2n) is 6.05. The van der Waals surface area contributed by atoms with E-state index in [1.165, 1.54) is 11.3 Å². The molecule has 0 bridgehead atoms. The van der Waals surface area contributed by atoms with Crippen LogP contribution >= 0.6 is 35.1 Å². The quantitative estimate of drug-likeness (QED) is 0.383. The first-order valence-electron chi connectivity index (χ1n) is 8.85. The van der Waals surface area contributed by atoms with Crippen LogP contribution < -0.4 is 5.14 Å². The maximum atomic E-state index is 11.5. The Bertz CT molecular complexity index is 766. The molecular weight excluding hydrogens is 460 g/mol. The standard InChI is InChI=1S/C17H28N2O6S3.ClH/c1-22-7-9-24-5-3-19(4-6-25-10-8-23-2)13-15-11-14-12-16(28(18,20)21)27-17(14)26-15;/h11-12H,3-10,13H2,1-2H3,(H2,18,20,21);1H. The number of primary sulfonamides is 1. The van der Waals surface area contributed by atoms with Gasteiger partial charge >= 0.3 is 0 Å². The lowest BCUT2D eigenvalue weighted by atomic mass is 10.3. The van der Waals surface area contributed by atoms with E-state index >= 15 is 0 Å². The van der Waals surface area contributed by atoms with Crippen molar-refractivity contribution in [3.63, 3.8) is 0 Å². The normalized spacial score (nSPS) is 12.0. The van der Waals surface area contributed by atoms with Crippen molar-refractivity contribution in [2.45, 2.75) is 10.8 Å². The highest BCUT2D eigenvalue weighted by atomic mass is 35.5. The van der Waals surface area contributed by atoms with Gasteiger partial charge in [-0.2, -0.15) is 0 Å². The molecular formula is C17H29ClN2O6S3. The Hall–Kier alpha value is -0.340. The smallest absolute Gasteiger partial charge is 0.247 e. The van der Waals surface area contributed by atoms with Gasteiger partial charge in [0, 0.05) is 44.1 Å². The third kappa shape index (κ3) is 9.55. The number of fused-ring (bicyclic) bond motifs is 1. The molecule has 0 spiro atoms. The molecule has 0 atom stereocenters. The summed E-state index contributed by atoms with van der Waals surface area (Å²) < 4.78 is 45.3. The second-order valence-corrected chi connectivity index (χ2v) is 10.3. The molecule has 0 unspecified atom stereocenters. The number of nitrogens with two attached hydrogens (primary N) is 1. The molecule has 2 aromatic rings. The Morgan fingerprint density at radius 1 is 0.931 bits per heavy atom. The number of nitrogens with zero attached hydrogens (tertiary/aromatic N) is 1. The summed E-state index contributed by atoms with van der Waals surface area (Å²) in [6.45, 7) is 5.79. The SMILES string of the molecule is COCCOCCN(CCOCCOC)Cc1cc2cc(S(N)(=O)=O)sc2s1.Cl. The summed E-state index contributed by atoms with van der Waals surface area (Å²) in [7, 11) is -0.350. The van der Waals surface area contributed by atoms with Crippen LogP contribution in [0.4, 0.5) is 0 Å². The number of methoxy groups -OCH3 is 2. The van der Waals surface area contributed by atoms with Crippen LogP contribution in [0.5, 0.6) is 0 Å². The zero-order chi connectivity index (χ0) is 20.4. The van der Waals surface area contributed by atoms with Gasteiger partial charge in [0.25, 0.3) is 0 Å². The molecule has 2 N–H and O–H groups in total. The summed E-state index contributed by atoms with van der Waals surface area (Å²) in [5, 5.41) is 6.13. The molecule has 0 saturated carbocycles. The molecule has 168 valence electrons. The second kappa shape index (κ2) is 13.9. The van der Waals surface area contributed by atoms with E-state index in [1.54, 1.807) is 31.6 Å². The lowest BCUT2D eigenvalue weighted by Crippen LogP contribution is -2.31. The number of halogens is 1. The van der Waals surface area contributed by atoms with Crippen molar-refractivity contribution < 1.29 is 27.4 Å². The van der Waals surface area contributed by atoms with Gasteiger partial charge in [-0.05, 0) is 12.1 Å². The monoisotopic (exact) mass is 488 g/mol. The predicted molar refractivity (Wildman–Crippen MR) is 119 cm³/mol. The molecule has 12 heteroatoms. The van der Waals surface area contributed by atoms with Gasteiger partial charge in [-0.25, -0.2) is 13.6 Å². The average molecular weight is 489 g/mol. The van der Waals surface area contributed by atoms with Gasteiger partial charge in [0.05, 0.1) is 43.7 Å². The summed E-state index contributed by atoms with van der Waals surface area (Å²) >= 11 is 2.81. The van der Waals surface area contributed by atoms with Crippen molar-refractivity contribution in [1.82, 2.24) is 4.90 Å². The van der Waals surface area contributed by atoms with E-state index in [9.17, 15) is 8.42 Å². The van der Waals surface area contributed by atoms with Crippen LogP contribution in [0.1, 0.15) is 4.88 Å². The summed E-state index contributed by atoms with van der Waals surface area (Å²) in [5.74, 6) is 0. The summed E-state index contributed by atoms with van der Waals surface area (Å²) in [5.41, 5.74) is 0. The molecule has 0 saturated heterocycles. The molecule has 0 fully saturated rings. The molecule has 0 aromatic carbocycles. The van der Waals surface area contributed by atoms with Gasteiger partial charge in [0.2, 0.25) is 10.0 Å². The van der Waals surface area contributed by atoms with Gasteiger partial charge in [0.1, 0.15) is 4.21 Å². The highest BCUT2D eigenvalue weighted by Gasteiger charge is 2.16. The van der Waals surface area contributed by atoms with Crippen LogP contribution in [0, 0.1) is 0 Å². The van der Waals surface area contributed by atoms with E-state index in [4.69, 9.17) is 24.1 Å². The maximum absolute atomic E-state index is 11.5. The van der Waals surface area contributed by atoms with E-state index in [-0.39, 0.29) is 16.6 Å². The fourth-order valence-electron chi connectivity index (χ4n) is 2.45. The van der Waals surface area contributed by atoms with Crippen molar-refractivity contribution in [2.75, 3.05) is 67.0 Å². The first-order valence-corrected chi connectivity index (χ1v) is 12.0. The van der Waals surface area contributed by atoms with Gasteiger partial charge in [-0.15, -0.1) is 35.1 Å². The number of hydrogen-bond donors (Lipinski definition) is 1. The fraction of sp³-hybridized carbons (Fsp3) is 0.647. The van der Waals surface area contributed by atoms with Crippen LogP contribution in [-0.4, -0.2) is 80.3 Å². The Morgan fingerprint density at radius 3 is 2.00 bits per heavy atom. The minimum absolute atomic E-state index is 0. The number of sulfonamides is 1. The molecule has 2 heterocycles. The molecule has 0 aliphatic rings. The first-order chi connectivity index (χ1) is 13.4. The molecule has 0 aliphatic heterocycles. The number of rotatable bonds is 15. The van der Waals surface area contributed by atoms with Gasteiger partial charge in [-0.1, -0.05) is 0 Å². The Morgan fingerprint density at radius 2 is 1.52 bits per heavy atom. The van der Waals surface area contributed by atoms with Crippen LogP contribution in [-0.2, 0) is 35.5 Å². The Kier molecular flexibility index (Phi) is 12.8. The van der Waals surface area contributed by atoms with E-state index in [0.717, 1.165) is 33.9 Å². The topological polar surface area (TPSA) is 100 Å². The molecule has 2 rings (SSSR count). The van der Waals surface area contributed by atoms with Crippen molar-refractivity contribution >= 4 is 54.5 Å². The Labute approximate surface area is 186 Å². The average Bonchev–Trinajstić information content (AvgIpc) is 3.19. The highest BCUT2D eigenvalue weighted by Crippen LogP contribution is 2.35. The zero-order valence-electron chi connectivity index (χ0n) is 16.6. The fourth-order valence-corrected chi connectivity index (χ4v) is 5.88. The Balaban J connectivity index is 0.00000420. The van der Waals surface area contributed by atoms with Gasteiger partial charge < -0.3 is 18.9 Å². The molecule has 0 radical (unpaired) electrons. The van der Waals surface area contributed by atoms with E-state index < -0.39 is 10.0 Å². The van der Waals surface area contributed by atoms with E-state index in [1.807, 2.05) is 6.07 Å². The number of thiophene rings is 2. The molecule has 0 amide bonds. The zero-order valence-corrected chi connectivity index (χ0v) is 19.9. The van der Waals surface area contributed by atoms with Crippen molar-refractivity contribution in [2.24, 2.45) is 5.14 Å². The van der Waals surface area contributed by atoms with Crippen molar-refractivity contribution in [3.8, 4) is 0 Å². The van der Waals surface area contributed by atoms with Gasteiger partial charge in [0.15, 0.2) is 0 Å². The minimum Gasteiger partial charge on any atom is -0.382 e. The van der Waals surface area contributed by atoms with Crippen LogP contribution in [0.3, 0.4) is 0 Å². The number of hydrogen-bond acceptors (Lipinski definition) is 9. The number of ether oxygens (including phenoxy) is 4. The largest absolute Gasteiger partial charge is 0.382 e. The summed E-state index contributed by atoms with van der Waals surface area (Å²) in [6, 6.07) is 3.66.